The lowest BCUT2D eigenvalue weighted by Gasteiger charge is -1.67. The number of rotatable bonds is 1. The first-order valence-corrected chi connectivity index (χ1v) is 10.0. The van der Waals surface area contributed by atoms with E-state index in [4.69, 9.17) is 0 Å². The molecule has 0 saturated heterocycles. The van der Waals surface area contributed by atoms with Crippen molar-refractivity contribution < 1.29 is 0 Å². The maximum Gasteiger partial charge on any atom is 0.435 e. The van der Waals surface area contributed by atoms with Crippen molar-refractivity contribution in [2.24, 2.45) is 0 Å². The normalized spacial score (nSPS) is 5.50. The average Bonchev–Trinajstić information content (AvgIpc) is 1.69. The maximum absolute atomic E-state index is 3.60. The van der Waals surface area contributed by atoms with Gasteiger partial charge in [0.05, 0.1) is 0 Å². The Labute approximate surface area is 83.0 Å². The molecule has 0 bridgehead atoms. The van der Waals surface area contributed by atoms with Gasteiger partial charge in [0.2, 0.25) is 0 Å². The molecule has 0 aromatic heterocycles. The number of unbranched alkanes of at least 4 members (excludes halogenated alkanes) is 1. The molecule has 0 fully saturated rings. The number of hydrogen-bond donors (Lipinski definition) is 0. The molecule has 49 valence electrons. The Morgan fingerprint density at radius 1 is 1.50 bits per heavy atom. The Morgan fingerprint density at radius 3 is 1.62 bits per heavy atom. The Balaban J connectivity index is -0.0000000575. The van der Waals surface area contributed by atoms with Gasteiger partial charge in [-0.15, -0.1) is 0 Å². The molecule has 8 heavy (non-hydrogen) atoms. The molecule has 4 heteroatoms. The highest BCUT2D eigenvalue weighted by Crippen LogP contribution is 1.78. The molecule has 0 aliphatic heterocycles. The van der Waals surface area contributed by atoms with Crippen LogP contribution in [0.2, 0.25) is 0 Å². The Bertz CT molecular complexity index is 19.5. The summed E-state index contributed by atoms with van der Waals surface area (Å²) in [7, 11) is 0. The van der Waals surface area contributed by atoms with Gasteiger partial charge in [0.25, 0.3) is 0 Å². The molecule has 0 aliphatic carbocycles. The molecular formula is C4H13Al2Br2. The monoisotopic (exact) mass is 273 g/mol. The van der Waals surface area contributed by atoms with Crippen molar-refractivity contribution in [1.29, 1.82) is 0 Å². The molecule has 0 spiro atoms. The van der Waals surface area contributed by atoms with Crippen LogP contribution < -0.4 is 0 Å². The van der Waals surface area contributed by atoms with Gasteiger partial charge in [-0.25, -0.2) is 28.1 Å². The SMILES string of the molecule is [AlH3].[Br][AlH][Br].[CH2]CCC. The van der Waals surface area contributed by atoms with Crippen molar-refractivity contribution >= 4 is 57.0 Å². The zero-order valence-corrected chi connectivity index (χ0v) is 9.17. The summed E-state index contributed by atoms with van der Waals surface area (Å²) >= 11 is 6.44. The van der Waals surface area contributed by atoms with Crippen LogP contribution >= 0.6 is 28.1 Å². The average molecular weight is 275 g/mol. The van der Waals surface area contributed by atoms with Crippen LogP contribution in [-0.2, 0) is 0 Å². The summed E-state index contributed by atoms with van der Waals surface area (Å²) in [4.78, 5) is 0. The van der Waals surface area contributed by atoms with Gasteiger partial charge in [-0.1, -0.05) is 26.7 Å². The molecule has 0 amide bonds. The quantitative estimate of drug-likeness (QED) is 0.636. The third kappa shape index (κ3) is 43.3. The van der Waals surface area contributed by atoms with Gasteiger partial charge in [0, 0.05) is 0 Å². The van der Waals surface area contributed by atoms with Crippen LogP contribution in [0.1, 0.15) is 19.8 Å². The third-order valence-electron chi connectivity index (χ3n) is 0.354. The van der Waals surface area contributed by atoms with E-state index in [9.17, 15) is 0 Å². The molecule has 0 aliphatic rings. The highest BCUT2D eigenvalue weighted by Gasteiger charge is 1.57. The van der Waals surface area contributed by atoms with Gasteiger partial charge in [0.1, 0.15) is 0 Å². The molecule has 0 heterocycles. The van der Waals surface area contributed by atoms with Crippen LogP contribution in [0.5, 0.6) is 0 Å². The van der Waals surface area contributed by atoms with E-state index in [2.05, 4.69) is 42.0 Å². The fourth-order valence-electron chi connectivity index (χ4n) is 0. The minimum absolute atomic E-state index is 0. The van der Waals surface area contributed by atoms with Crippen LogP contribution in [0.3, 0.4) is 0 Å². The van der Waals surface area contributed by atoms with E-state index >= 15 is 0 Å². The van der Waals surface area contributed by atoms with Crippen molar-refractivity contribution in [1.82, 2.24) is 0 Å². The first kappa shape index (κ1) is 16.5. The van der Waals surface area contributed by atoms with Crippen LogP contribution in [0.4, 0.5) is 0 Å². The van der Waals surface area contributed by atoms with Crippen molar-refractivity contribution in [3.63, 3.8) is 0 Å². The van der Waals surface area contributed by atoms with E-state index < -0.39 is 0 Å². The third-order valence-corrected chi connectivity index (χ3v) is 0.354. The van der Waals surface area contributed by atoms with Crippen molar-refractivity contribution in [3.8, 4) is 0 Å². The molecule has 0 unspecified atom stereocenters. The highest BCUT2D eigenvalue weighted by molar-refractivity contribution is 9.47. The summed E-state index contributed by atoms with van der Waals surface area (Å²) in [5.41, 5.74) is 0. The first-order chi connectivity index (χ1) is 3.33. The standard InChI is InChI=1S/C4H9.2Al.2BrH.4H/c1-3-4-2;;;;;;;;/h1,3-4H2,2H3;;;2*1H;;;;/q;;+2;;;;;;/p-2. The van der Waals surface area contributed by atoms with E-state index in [1.165, 1.54) is 6.42 Å². The minimum Gasteiger partial charge on any atom is -0.203 e. The molecule has 1 radical (unpaired) electrons. The molecule has 0 aromatic rings. The molecule has 0 atom stereocenters. The summed E-state index contributed by atoms with van der Waals surface area (Å²) in [6, 6.07) is 0. The number of hydrogen-bond acceptors (Lipinski definition) is 0. The highest BCUT2D eigenvalue weighted by atomic mass is 79.9. The molecule has 0 aromatic carbocycles. The summed E-state index contributed by atoms with van der Waals surface area (Å²) in [5, 5.41) is 0. The van der Waals surface area contributed by atoms with Crippen molar-refractivity contribution in [3.05, 3.63) is 6.92 Å². The smallest absolute Gasteiger partial charge is 0.203 e. The second-order valence-electron chi connectivity index (χ2n) is 0.955. The first-order valence-electron chi connectivity index (χ1n) is 2.24. The van der Waals surface area contributed by atoms with Crippen LogP contribution in [0.25, 0.3) is 0 Å². The molecule has 0 saturated carbocycles. The van der Waals surface area contributed by atoms with E-state index in [0.29, 0.717) is 0 Å². The van der Waals surface area contributed by atoms with Gasteiger partial charge in [-0.2, -0.15) is 0 Å². The summed E-state index contributed by atoms with van der Waals surface area (Å²) in [5.74, 6) is 0. The van der Waals surface area contributed by atoms with E-state index in [-0.39, 0.29) is 28.9 Å². The zero-order valence-electron chi connectivity index (χ0n) is 4.58. The minimum atomic E-state index is 0. The lowest BCUT2D eigenvalue weighted by molar-refractivity contribution is 0.956. The topological polar surface area (TPSA) is 0 Å². The molecule has 0 rings (SSSR count). The van der Waals surface area contributed by atoms with E-state index in [1.54, 1.807) is 0 Å². The van der Waals surface area contributed by atoms with Gasteiger partial charge < -0.3 is 0 Å². The lowest BCUT2D eigenvalue weighted by atomic mass is 10.4. The summed E-state index contributed by atoms with van der Waals surface area (Å²) < 4.78 is 0. The molecular weight excluding hydrogens is 262 g/mol. The second kappa shape index (κ2) is 23.0. The molecule has 0 nitrogen and oxygen atoms in total. The van der Waals surface area contributed by atoms with Gasteiger partial charge in [-0.05, 0) is 0 Å². The van der Waals surface area contributed by atoms with Gasteiger partial charge in [0.15, 0.2) is 17.4 Å². The number of halogens is 2. The van der Waals surface area contributed by atoms with Crippen LogP contribution in [0.15, 0.2) is 0 Å². The fraction of sp³-hybridized carbons (Fsp3) is 0.750. The van der Waals surface area contributed by atoms with E-state index in [0.717, 1.165) is 6.42 Å². The van der Waals surface area contributed by atoms with Crippen molar-refractivity contribution in [2.45, 2.75) is 19.8 Å². The van der Waals surface area contributed by atoms with Gasteiger partial charge in [-0.3, -0.25) is 0 Å². The van der Waals surface area contributed by atoms with Crippen LogP contribution in [0, 0.1) is 6.92 Å². The molecule has 0 N–H and O–H groups in total. The van der Waals surface area contributed by atoms with Crippen LogP contribution in [-0.4, -0.2) is 28.9 Å². The fourth-order valence-corrected chi connectivity index (χ4v) is 0. The predicted octanol–water partition coefficient (Wildman–Crippen LogP) is 1.48. The Kier molecular flexibility index (Phi) is 47.6. The van der Waals surface area contributed by atoms with E-state index in [1.807, 2.05) is 0 Å². The zero-order chi connectivity index (χ0) is 6.12. The maximum atomic E-state index is 3.60. The van der Waals surface area contributed by atoms with Gasteiger partial charge >= 0.3 is 11.6 Å². The van der Waals surface area contributed by atoms with Crippen molar-refractivity contribution in [2.75, 3.05) is 0 Å². The summed E-state index contributed by atoms with van der Waals surface area (Å²) in [6.45, 7) is 5.72. The second-order valence-corrected chi connectivity index (χ2v) is 9.04. The summed E-state index contributed by atoms with van der Waals surface area (Å²) in [6.07, 6.45) is 2.28. The predicted molar refractivity (Wildman–Crippen MR) is 55.2 cm³/mol. The Morgan fingerprint density at radius 2 is 1.62 bits per heavy atom. The lowest BCUT2D eigenvalue weighted by Crippen LogP contribution is -1.48. The largest absolute Gasteiger partial charge is 0.435 e. The Hall–Kier alpha value is 2.02.